The Kier molecular flexibility index (Phi) is 2.32. The summed E-state index contributed by atoms with van der Waals surface area (Å²) in [5, 5.41) is 25.9. The van der Waals surface area contributed by atoms with E-state index in [4.69, 9.17) is 5.21 Å². The number of benzene rings is 1. The molecule has 0 spiro atoms. The molecule has 15 heavy (non-hydrogen) atoms. The molecule has 2 rings (SSSR count). The highest BCUT2D eigenvalue weighted by Crippen LogP contribution is 2.16. The third-order valence-corrected chi connectivity index (χ3v) is 1.87. The van der Waals surface area contributed by atoms with E-state index < -0.39 is 0 Å². The van der Waals surface area contributed by atoms with Gasteiger partial charge in [0.15, 0.2) is 0 Å². The van der Waals surface area contributed by atoms with E-state index in [1.165, 1.54) is 0 Å². The zero-order valence-corrected chi connectivity index (χ0v) is 7.57. The zero-order valence-electron chi connectivity index (χ0n) is 7.57. The summed E-state index contributed by atoms with van der Waals surface area (Å²) in [5.74, 6) is 0. The maximum atomic E-state index is 11.3. The first-order chi connectivity index (χ1) is 7.33. The van der Waals surface area contributed by atoms with Crippen molar-refractivity contribution < 1.29 is 14.7 Å². The van der Waals surface area contributed by atoms with Crippen LogP contribution in [0.5, 0.6) is 0 Å². The summed E-state index contributed by atoms with van der Waals surface area (Å²) >= 11 is 0. The lowest BCUT2D eigenvalue weighted by molar-refractivity contribution is -0.793. The highest BCUT2D eigenvalue weighted by Gasteiger charge is 2.18. The lowest BCUT2D eigenvalue weighted by Gasteiger charge is -1.95. The fraction of sp³-hybridized carbons (Fsp3) is 0. The van der Waals surface area contributed by atoms with E-state index in [1.54, 1.807) is 24.3 Å². The number of oxime groups is 1. The molecule has 0 aliphatic rings. The summed E-state index contributed by atoms with van der Waals surface area (Å²) in [6.07, 6.45) is 1.04. The van der Waals surface area contributed by atoms with Crippen molar-refractivity contribution in [2.75, 3.05) is 0 Å². The third kappa shape index (κ3) is 1.64. The van der Waals surface area contributed by atoms with Crippen LogP contribution in [0.25, 0.3) is 11.3 Å². The van der Waals surface area contributed by atoms with Crippen LogP contribution in [0.1, 0.15) is 5.69 Å². The Morgan fingerprint density at radius 3 is 2.80 bits per heavy atom. The number of hydrogen-bond donors (Lipinski definition) is 1. The molecule has 1 N–H and O–H groups in total. The number of hydrogen-bond acceptors (Lipinski definition) is 5. The maximum absolute atomic E-state index is 11.3. The van der Waals surface area contributed by atoms with Crippen LogP contribution in [0.2, 0.25) is 0 Å². The molecule has 0 amide bonds. The molecule has 6 nitrogen and oxygen atoms in total. The number of nitrogens with zero attached hydrogens (tertiary/aromatic N) is 3. The second-order valence-corrected chi connectivity index (χ2v) is 2.77. The molecular formula is C9H7N3O3. The van der Waals surface area contributed by atoms with Crippen LogP contribution in [-0.4, -0.2) is 16.6 Å². The van der Waals surface area contributed by atoms with Gasteiger partial charge in [-0.2, -0.15) is 0 Å². The maximum Gasteiger partial charge on any atom is 0.270 e. The Hall–Kier alpha value is -2.37. The van der Waals surface area contributed by atoms with Gasteiger partial charge in [-0.05, 0) is 4.90 Å². The summed E-state index contributed by atoms with van der Waals surface area (Å²) in [7, 11) is 0. The van der Waals surface area contributed by atoms with Crippen molar-refractivity contribution in [2.45, 2.75) is 0 Å². The SMILES string of the molecule is [O-][n+]1onc(/C=N/O)c1-c1ccccc1. The number of aromatic nitrogens is 2. The average Bonchev–Trinajstić information content (AvgIpc) is 2.62. The van der Waals surface area contributed by atoms with Crippen molar-refractivity contribution >= 4 is 6.21 Å². The molecule has 0 fully saturated rings. The summed E-state index contributed by atoms with van der Waals surface area (Å²) in [5.41, 5.74) is 1.04. The van der Waals surface area contributed by atoms with Crippen molar-refractivity contribution in [2.24, 2.45) is 5.16 Å². The molecule has 0 saturated carbocycles. The third-order valence-electron chi connectivity index (χ3n) is 1.87. The molecule has 0 saturated heterocycles. The lowest BCUT2D eigenvalue weighted by Crippen LogP contribution is -2.25. The molecular weight excluding hydrogens is 198 g/mol. The second-order valence-electron chi connectivity index (χ2n) is 2.77. The normalized spacial score (nSPS) is 10.9. The first-order valence-electron chi connectivity index (χ1n) is 4.15. The molecule has 0 unspecified atom stereocenters. The van der Waals surface area contributed by atoms with E-state index in [1.807, 2.05) is 6.07 Å². The van der Waals surface area contributed by atoms with Crippen LogP contribution in [0, 0.1) is 5.21 Å². The largest absolute Gasteiger partial charge is 0.411 e. The van der Waals surface area contributed by atoms with Gasteiger partial charge in [-0.3, -0.25) is 4.63 Å². The molecule has 1 aromatic heterocycles. The lowest BCUT2D eigenvalue weighted by atomic mass is 10.1. The van der Waals surface area contributed by atoms with E-state index in [0.29, 0.717) is 5.56 Å². The van der Waals surface area contributed by atoms with Crippen LogP contribution in [0.4, 0.5) is 0 Å². The van der Waals surface area contributed by atoms with Gasteiger partial charge in [-0.1, -0.05) is 35.5 Å². The van der Waals surface area contributed by atoms with Crippen LogP contribution in [-0.2, 0) is 0 Å². The van der Waals surface area contributed by atoms with Crippen LogP contribution >= 0.6 is 0 Å². The predicted octanol–water partition coefficient (Wildman–Crippen LogP) is 0.783. The summed E-state index contributed by atoms with van der Waals surface area (Å²) < 4.78 is 4.41. The van der Waals surface area contributed by atoms with Crippen molar-refractivity contribution in [3.8, 4) is 11.3 Å². The Bertz CT molecular complexity index is 479. The van der Waals surface area contributed by atoms with Crippen molar-refractivity contribution in [3.05, 3.63) is 41.2 Å². The van der Waals surface area contributed by atoms with Crippen molar-refractivity contribution in [1.82, 2.24) is 5.16 Å². The minimum atomic E-state index is 0.179. The average molecular weight is 205 g/mol. The Morgan fingerprint density at radius 1 is 1.40 bits per heavy atom. The fourth-order valence-electron chi connectivity index (χ4n) is 1.25. The van der Waals surface area contributed by atoms with Gasteiger partial charge in [0.05, 0.1) is 0 Å². The highest BCUT2D eigenvalue weighted by atomic mass is 16.8. The van der Waals surface area contributed by atoms with E-state index in [9.17, 15) is 5.21 Å². The molecule has 6 heteroatoms. The van der Waals surface area contributed by atoms with Crippen LogP contribution in [0.3, 0.4) is 0 Å². The molecule has 1 heterocycles. The smallest absolute Gasteiger partial charge is 0.270 e. The topological polar surface area (TPSA) is 85.6 Å². The van der Waals surface area contributed by atoms with Gasteiger partial charge in [0.1, 0.15) is 6.21 Å². The Labute approximate surface area is 84.6 Å². The summed E-state index contributed by atoms with van der Waals surface area (Å²) in [6, 6.07) is 8.85. The molecule has 76 valence electrons. The molecule has 1 aromatic carbocycles. The second kappa shape index (κ2) is 3.79. The molecule has 0 radical (unpaired) electrons. The zero-order chi connectivity index (χ0) is 10.7. The van der Waals surface area contributed by atoms with Gasteiger partial charge in [0.2, 0.25) is 5.69 Å². The Balaban J connectivity index is 2.56. The molecule has 0 aliphatic carbocycles. The van der Waals surface area contributed by atoms with Gasteiger partial charge in [-0.25, -0.2) is 0 Å². The molecule has 0 aliphatic heterocycles. The molecule has 2 aromatic rings. The summed E-state index contributed by atoms with van der Waals surface area (Å²) in [6.45, 7) is 0. The van der Waals surface area contributed by atoms with Crippen LogP contribution in [0.15, 0.2) is 40.1 Å². The van der Waals surface area contributed by atoms with Gasteiger partial charge in [-0.15, -0.1) is 0 Å². The van der Waals surface area contributed by atoms with Gasteiger partial charge in [0.25, 0.3) is 5.69 Å². The standard InChI is InChI=1S/C9H7N3O3/c13-10-6-8-9(12(14)15-11-8)7-4-2-1-3-5-7/h1-6,13H/b10-6+. The van der Waals surface area contributed by atoms with Crippen molar-refractivity contribution in [1.29, 1.82) is 0 Å². The van der Waals surface area contributed by atoms with Gasteiger partial charge < -0.3 is 10.4 Å². The minimum absolute atomic E-state index is 0.179. The predicted molar refractivity (Wildman–Crippen MR) is 50.3 cm³/mol. The quantitative estimate of drug-likeness (QED) is 0.340. The Morgan fingerprint density at radius 2 is 2.13 bits per heavy atom. The highest BCUT2D eigenvalue weighted by molar-refractivity contribution is 5.84. The number of rotatable bonds is 2. The van der Waals surface area contributed by atoms with Crippen molar-refractivity contribution in [3.63, 3.8) is 0 Å². The van der Waals surface area contributed by atoms with E-state index in [-0.39, 0.29) is 16.3 Å². The molecule has 0 bridgehead atoms. The first-order valence-corrected chi connectivity index (χ1v) is 4.15. The summed E-state index contributed by atoms with van der Waals surface area (Å²) in [4.78, 5) is 0.270. The van der Waals surface area contributed by atoms with Gasteiger partial charge in [0, 0.05) is 10.7 Å². The van der Waals surface area contributed by atoms with E-state index >= 15 is 0 Å². The van der Waals surface area contributed by atoms with E-state index in [2.05, 4.69) is 14.9 Å². The van der Waals surface area contributed by atoms with Gasteiger partial charge >= 0.3 is 0 Å². The first kappa shape index (κ1) is 9.20. The molecule has 0 atom stereocenters. The monoisotopic (exact) mass is 205 g/mol. The fourth-order valence-corrected chi connectivity index (χ4v) is 1.25. The van der Waals surface area contributed by atoms with E-state index in [0.717, 1.165) is 6.21 Å². The van der Waals surface area contributed by atoms with Crippen LogP contribution < -0.4 is 4.90 Å². The minimum Gasteiger partial charge on any atom is -0.411 e.